The molecule has 4 heterocycles. The molecule has 0 aliphatic carbocycles. The van der Waals surface area contributed by atoms with Gasteiger partial charge in [-0.2, -0.15) is 26.3 Å². The molecule has 1 fully saturated rings. The highest BCUT2D eigenvalue weighted by Crippen LogP contribution is 2.37. The minimum Gasteiger partial charge on any atom is -0.338 e. The second-order valence-electron chi connectivity index (χ2n) is 9.36. The summed E-state index contributed by atoms with van der Waals surface area (Å²) in [6.45, 7) is 2.17. The summed E-state index contributed by atoms with van der Waals surface area (Å²) >= 11 is 0. The number of anilines is 2. The molecular weight excluding hydrogens is 522 g/mol. The van der Waals surface area contributed by atoms with Crippen LogP contribution in [0.25, 0.3) is 22.2 Å². The number of alkyl halides is 6. The van der Waals surface area contributed by atoms with E-state index in [1.807, 2.05) is 0 Å². The van der Waals surface area contributed by atoms with Gasteiger partial charge >= 0.3 is 12.4 Å². The molecule has 1 saturated heterocycles. The quantitative estimate of drug-likeness (QED) is 0.266. The molecule has 0 saturated carbocycles. The zero-order valence-corrected chi connectivity index (χ0v) is 20.6. The summed E-state index contributed by atoms with van der Waals surface area (Å²) in [5.41, 5.74) is -1.22. The Kier molecular flexibility index (Phi) is 7.39. The van der Waals surface area contributed by atoms with E-state index in [2.05, 4.69) is 30.2 Å². The third kappa shape index (κ3) is 6.27. The number of nitrogens with zero attached hydrogens (tertiary/aromatic N) is 5. The average molecular weight is 547 g/mol. The summed E-state index contributed by atoms with van der Waals surface area (Å²) in [6.07, 6.45) is -2.45. The van der Waals surface area contributed by atoms with E-state index in [0.717, 1.165) is 57.1 Å². The van der Waals surface area contributed by atoms with Crippen LogP contribution in [-0.2, 0) is 18.9 Å². The first-order valence-electron chi connectivity index (χ1n) is 12.4. The number of benzene rings is 1. The van der Waals surface area contributed by atoms with Crippen molar-refractivity contribution in [2.24, 2.45) is 0 Å². The van der Waals surface area contributed by atoms with E-state index in [4.69, 9.17) is 0 Å². The fourth-order valence-corrected chi connectivity index (χ4v) is 4.62. The summed E-state index contributed by atoms with van der Waals surface area (Å²) in [6, 6.07) is 8.91. The zero-order valence-electron chi connectivity index (χ0n) is 20.6. The van der Waals surface area contributed by atoms with Gasteiger partial charge in [-0.15, -0.1) is 0 Å². The highest BCUT2D eigenvalue weighted by Gasteiger charge is 2.34. The lowest BCUT2D eigenvalue weighted by molar-refractivity contribution is -0.141. The number of hydrogen-bond donors (Lipinski definition) is 1. The van der Waals surface area contributed by atoms with Crippen molar-refractivity contribution in [1.82, 2.24) is 24.8 Å². The smallest absolute Gasteiger partial charge is 0.338 e. The highest BCUT2D eigenvalue weighted by atomic mass is 19.4. The van der Waals surface area contributed by atoms with E-state index in [1.54, 1.807) is 6.07 Å². The molecule has 1 N–H and O–H groups in total. The molecule has 1 aromatic carbocycles. The highest BCUT2D eigenvalue weighted by molar-refractivity contribution is 5.93. The van der Waals surface area contributed by atoms with Crippen LogP contribution in [0.2, 0.25) is 0 Å². The molecule has 0 bridgehead atoms. The predicted molar refractivity (Wildman–Crippen MR) is 134 cm³/mol. The van der Waals surface area contributed by atoms with Gasteiger partial charge in [0.15, 0.2) is 0 Å². The van der Waals surface area contributed by atoms with Crippen molar-refractivity contribution in [2.75, 3.05) is 18.4 Å². The van der Waals surface area contributed by atoms with Crippen LogP contribution in [0.4, 0.5) is 37.8 Å². The first-order chi connectivity index (χ1) is 18.6. The van der Waals surface area contributed by atoms with E-state index < -0.39 is 23.6 Å². The van der Waals surface area contributed by atoms with Gasteiger partial charge in [-0.3, -0.25) is 9.88 Å². The molecule has 204 valence electrons. The van der Waals surface area contributed by atoms with E-state index in [9.17, 15) is 26.3 Å². The van der Waals surface area contributed by atoms with Crippen molar-refractivity contribution in [1.29, 1.82) is 0 Å². The number of hydrogen-bond acceptors (Lipinski definition) is 6. The summed E-state index contributed by atoms with van der Waals surface area (Å²) in [7, 11) is 0. The van der Waals surface area contributed by atoms with Crippen LogP contribution in [0, 0.1) is 0 Å². The monoisotopic (exact) mass is 546 g/mol. The van der Waals surface area contributed by atoms with Gasteiger partial charge in [0.05, 0.1) is 35.2 Å². The van der Waals surface area contributed by atoms with Crippen LogP contribution >= 0.6 is 0 Å². The standard InChI is InChI=1S/C27H24F6N6/c28-26(29,30)20-6-5-11-34-24(20)17-7-9-19-21(14-17)37-23(16-39-12-3-1-2-4-13-39)38-25(19)36-18-8-10-22(35-15-18)27(31,32)33/h5-11,14-15H,1-4,12-13,16H2,(H,36,37,38). The number of pyridine rings is 2. The molecular formula is C27H24F6N6. The third-order valence-electron chi connectivity index (χ3n) is 6.51. The lowest BCUT2D eigenvalue weighted by atomic mass is 10.0. The Balaban J connectivity index is 1.56. The van der Waals surface area contributed by atoms with Crippen LogP contribution in [0.1, 0.15) is 42.8 Å². The third-order valence-corrected chi connectivity index (χ3v) is 6.51. The fourth-order valence-electron chi connectivity index (χ4n) is 4.62. The Labute approximate surface area is 220 Å². The van der Waals surface area contributed by atoms with E-state index in [-0.39, 0.29) is 16.9 Å². The Morgan fingerprint density at radius 1 is 0.821 bits per heavy atom. The SMILES string of the molecule is FC(F)(F)c1ccc(Nc2nc(CN3CCCCCC3)nc3cc(-c4ncccc4C(F)(F)F)ccc23)cn1. The van der Waals surface area contributed by atoms with Crippen LogP contribution < -0.4 is 5.32 Å². The van der Waals surface area contributed by atoms with Crippen molar-refractivity contribution >= 4 is 22.4 Å². The van der Waals surface area contributed by atoms with Crippen LogP contribution in [0.5, 0.6) is 0 Å². The Morgan fingerprint density at radius 2 is 1.59 bits per heavy atom. The summed E-state index contributed by atoms with van der Waals surface area (Å²) < 4.78 is 79.8. The zero-order chi connectivity index (χ0) is 27.6. The second-order valence-corrected chi connectivity index (χ2v) is 9.36. The summed E-state index contributed by atoms with van der Waals surface area (Å²) in [5, 5.41) is 3.50. The van der Waals surface area contributed by atoms with Gasteiger partial charge in [-0.1, -0.05) is 18.9 Å². The minimum absolute atomic E-state index is 0.221. The maximum atomic E-state index is 13.7. The van der Waals surface area contributed by atoms with Gasteiger partial charge in [0.25, 0.3) is 0 Å². The first kappa shape index (κ1) is 26.8. The largest absolute Gasteiger partial charge is 0.433 e. The normalized spacial score (nSPS) is 15.3. The number of fused-ring (bicyclic) bond motifs is 1. The maximum Gasteiger partial charge on any atom is 0.433 e. The average Bonchev–Trinajstić information content (AvgIpc) is 3.16. The van der Waals surface area contributed by atoms with Gasteiger partial charge in [0.1, 0.15) is 17.3 Å². The van der Waals surface area contributed by atoms with Crippen LogP contribution in [0.3, 0.4) is 0 Å². The number of aromatic nitrogens is 4. The number of likely N-dealkylation sites (tertiary alicyclic amines) is 1. The molecule has 0 spiro atoms. The molecule has 6 nitrogen and oxygen atoms in total. The van der Waals surface area contributed by atoms with Crippen molar-refractivity contribution in [2.45, 2.75) is 44.6 Å². The van der Waals surface area contributed by atoms with E-state index in [0.29, 0.717) is 29.1 Å². The second kappa shape index (κ2) is 10.8. The van der Waals surface area contributed by atoms with E-state index in [1.165, 1.54) is 30.5 Å². The number of rotatable bonds is 5. The van der Waals surface area contributed by atoms with Gasteiger partial charge in [0.2, 0.25) is 0 Å². The molecule has 0 amide bonds. The molecule has 39 heavy (non-hydrogen) atoms. The van der Waals surface area contributed by atoms with Crippen LogP contribution in [-0.4, -0.2) is 37.9 Å². The Hall–Kier alpha value is -3.80. The van der Waals surface area contributed by atoms with Crippen molar-refractivity contribution in [3.63, 3.8) is 0 Å². The minimum atomic E-state index is -4.59. The van der Waals surface area contributed by atoms with Gasteiger partial charge in [-0.25, -0.2) is 15.0 Å². The fraction of sp³-hybridized carbons (Fsp3) is 0.333. The predicted octanol–water partition coefficient (Wildman–Crippen LogP) is 7.24. The Bertz CT molecular complexity index is 1440. The lowest BCUT2D eigenvalue weighted by Gasteiger charge is -2.20. The molecule has 3 aromatic heterocycles. The molecule has 0 radical (unpaired) electrons. The number of nitrogens with one attached hydrogen (secondary N) is 1. The van der Waals surface area contributed by atoms with Gasteiger partial charge in [0, 0.05) is 17.1 Å². The molecule has 1 aliphatic rings. The molecule has 1 aliphatic heterocycles. The van der Waals surface area contributed by atoms with Crippen molar-refractivity contribution < 1.29 is 26.3 Å². The van der Waals surface area contributed by atoms with Gasteiger partial charge < -0.3 is 5.32 Å². The molecule has 5 rings (SSSR count). The molecule has 4 aromatic rings. The molecule has 0 atom stereocenters. The molecule has 0 unspecified atom stereocenters. The summed E-state index contributed by atoms with van der Waals surface area (Å²) in [4.78, 5) is 19.0. The van der Waals surface area contributed by atoms with E-state index >= 15 is 0 Å². The lowest BCUT2D eigenvalue weighted by Crippen LogP contribution is -2.25. The van der Waals surface area contributed by atoms with Gasteiger partial charge in [-0.05, 0) is 62.3 Å². The summed E-state index contributed by atoms with van der Waals surface area (Å²) in [5.74, 6) is 0.760. The topological polar surface area (TPSA) is 66.8 Å². The molecule has 12 heteroatoms. The number of halogens is 6. The first-order valence-corrected chi connectivity index (χ1v) is 12.4. The van der Waals surface area contributed by atoms with Crippen molar-refractivity contribution in [3.05, 3.63) is 71.9 Å². The maximum absolute atomic E-state index is 13.7. The van der Waals surface area contributed by atoms with Crippen molar-refractivity contribution in [3.8, 4) is 11.3 Å². The van der Waals surface area contributed by atoms with Crippen LogP contribution in [0.15, 0.2) is 54.9 Å². The Morgan fingerprint density at radius 3 is 2.26 bits per heavy atom.